The normalized spacial score (nSPS) is 10.6. The first-order valence-electron chi connectivity index (χ1n) is 3.79. The van der Waals surface area contributed by atoms with E-state index in [1.54, 1.807) is 11.4 Å². The van der Waals surface area contributed by atoms with E-state index in [2.05, 4.69) is 22.6 Å². The lowest BCUT2D eigenvalue weighted by Crippen LogP contribution is -1.95. The Morgan fingerprint density at radius 3 is 2.86 bits per heavy atom. The zero-order chi connectivity index (χ0) is 10.3. The molecule has 2 aromatic rings. The molecule has 0 amide bonds. The molecule has 0 atom stereocenters. The molecule has 0 aliphatic carbocycles. The Balaban J connectivity index is 2.90. The van der Waals surface area contributed by atoms with E-state index in [0.717, 1.165) is 13.7 Å². The van der Waals surface area contributed by atoms with E-state index in [-0.39, 0.29) is 0 Å². The topological polar surface area (TPSA) is 63.3 Å². The highest BCUT2D eigenvalue weighted by molar-refractivity contribution is 14.1. The van der Waals surface area contributed by atoms with Crippen LogP contribution in [0.1, 0.15) is 10.4 Å². The quantitative estimate of drug-likeness (QED) is 0.627. The molecule has 1 heterocycles. The lowest BCUT2D eigenvalue weighted by atomic mass is 10.1. The fourth-order valence-electron chi connectivity index (χ4n) is 1.29. The Bertz CT molecular complexity index is 521. The number of anilines is 1. The maximum absolute atomic E-state index is 10.9. The van der Waals surface area contributed by atoms with Crippen molar-refractivity contribution >= 4 is 55.7 Å². The molecule has 2 rings (SSSR count). The van der Waals surface area contributed by atoms with Gasteiger partial charge in [0.25, 0.3) is 0 Å². The van der Waals surface area contributed by atoms with E-state index in [0.29, 0.717) is 11.3 Å². The number of thiophene rings is 1. The van der Waals surface area contributed by atoms with Crippen molar-refractivity contribution in [2.75, 3.05) is 5.73 Å². The van der Waals surface area contributed by atoms with Crippen molar-refractivity contribution in [3.8, 4) is 0 Å². The number of rotatable bonds is 1. The van der Waals surface area contributed by atoms with Crippen LogP contribution < -0.4 is 5.73 Å². The minimum atomic E-state index is -0.903. The summed E-state index contributed by atoms with van der Waals surface area (Å²) >= 11 is 3.49. The van der Waals surface area contributed by atoms with Gasteiger partial charge in [-0.25, -0.2) is 4.79 Å². The zero-order valence-electron chi connectivity index (χ0n) is 6.95. The van der Waals surface area contributed by atoms with Gasteiger partial charge < -0.3 is 10.8 Å². The highest BCUT2D eigenvalue weighted by Crippen LogP contribution is 2.34. The summed E-state index contributed by atoms with van der Waals surface area (Å²) in [6.07, 6.45) is 0. The number of fused-ring (bicyclic) bond motifs is 1. The molecule has 0 saturated carbocycles. The van der Waals surface area contributed by atoms with Gasteiger partial charge in [0.1, 0.15) is 0 Å². The standard InChI is InChI=1S/C9H6INO2S/c10-5-1-2-6(11)8-7(5)4(3-14-8)9(12)13/h1-3H,11H2,(H,12,13). The van der Waals surface area contributed by atoms with Gasteiger partial charge in [0.15, 0.2) is 0 Å². The van der Waals surface area contributed by atoms with Crippen molar-refractivity contribution in [1.29, 1.82) is 0 Å². The predicted molar refractivity (Wildman–Crippen MR) is 65.9 cm³/mol. The summed E-state index contributed by atoms with van der Waals surface area (Å²) in [6, 6.07) is 3.63. The molecule has 0 fully saturated rings. The summed E-state index contributed by atoms with van der Waals surface area (Å²) in [5.74, 6) is -0.903. The van der Waals surface area contributed by atoms with E-state index in [1.165, 1.54) is 11.3 Å². The van der Waals surface area contributed by atoms with Crippen LogP contribution in [0.25, 0.3) is 10.1 Å². The second-order valence-electron chi connectivity index (χ2n) is 2.80. The Morgan fingerprint density at radius 2 is 2.21 bits per heavy atom. The average Bonchev–Trinajstić information content (AvgIpc) is 2.56. The fourth-order valence-corrected chi connectivity index (χ4v) is 3.21. The Labute approximate surface area is 97.7 Å². The van der Waals surface area contributed by atoms with Crippen molar-refractivity contribution in [2.24, 2.45) is 0 Å². The molecule has 0 unspecified atom stereocenters. The van der Waals surface area contributed by atoms with Gasteiger partial charge in [-0.05, 0) is 34.7 Å². The van der Waals surface area contributed by atoms with Crippen molar-refractivity contribution in [1.82, 2.24) is 0 Å². The number of hydrogen-bond acceptors (Lipinski definition) is 3. The van der Waals surface area contributed by atoms with Gasteiger partial charge in [0.05, 0.1) is 10.3 Å². The second-order valence-corrected chi connectivity index (χ2v) is 4.84. The molecular weight excluding hydrogens is 313 g/mol. The van der Waals surface area contributed by atoms with Crippen LogP contribution in [0.3, 0.4) is 0 Å². The predicted octanol–water partition coefficient (Wildman–Crippen LogP) is 2.79. The van der Waals surface area contributed by atoms with Crippen molar-refractivity contribution < 1.29 is 9.90 Å². The van der Waals surface area contributed by atoms with Crippen LogP contribution in [0.2, 0.25) is 0 Å². The molecular formula is C9H6INO2S. The lowest BCUT2D eigenvalue weighted by Gasteiger charge is -1.99. The minimum absolute atomic E-state index is 0.335. The molecule has 0 aliphatic heterocycles. The summed E-state index contributed by atoms with van der Waals surface area (Å²) in [5, 5.41) is 11.3. The minimum Gasteiger partial charge on any atom is -0.478 e. The van der Waals surface area contributed by atoms with Crippen LogP contribution >= 0.6 is 33.9 Å². The maximum Gasteiger partial charge on any atom is 0.337 e. The van der Waals surface area contributed by atoms with Crippen LogP contribution in [0, 0.1) is 3.57 Å². The van der Waals surface area contributed by atoms with E-state index < -0.39 is 5.97 Å². The maximum atomic E-state index is 10.9. The molecule has 1 aromatic heterocycles. The number of carboxylic acid groups (broad SMARTS) is 1. The number of halogens is 1. The van der Waals surface area contributed by atoms with Crippen molar-refractivity contribution in [3.63, 3.8) is 0 Å². The van der Waals surface area contributed by atoms with Gasteiger partial charge in [-0.15, -0.1) is 11.3 Å². The molecule has 0 aliphatic rings. The third kappa shape index (κ3) is 1.36. The van der Waals surface area contributed by atoms with E-state index >= 15 is 0 Å². The lowest BCUT2D eigenvalue weighted by molar-refractivity contribution is 0.0699. The monoisotopic (exact) mass is 319 g/mol. The number of benzene rings is 1. The van der Waals surface area contributed by atoms with Crippen molar-refractivity contribution in [2.45, 2.75) is 0 Å². The van der Waals surface area contributed by atoms with Crippen LogP contribution in [0.5, 0.6) is 0 Å². The summed E-state index contributed by atoms with van der Waals surface area (Å²) in [5.41, 5.74) is 6.72. The fraction of sp³-hybridized carbons (Fsp3) is 0. The SMILES string of the molecule is Nc1ccc(I)c2c(C(=O)O)csc12. The average molecular weight is 319 g/mol. The van der Waals surface area contributed by atoms with Crippen LogP contribution in [0.4, 0.5) is 5.69 Å². The first-order chi connectivity index (χ1) is 6.61. The second kappa shape index (κ2) is 3.39. The number of nitrogen functional groups attached to an aromatic ring is 1. The number of carboxylic acids is 1. The molecule has 0 spiro atoms. The summed E-state index contributed by atoms with van der Waals surface area (Å²) in [4.78, 5) is 10.9. The molecule has 72 valence electrons. The van der Waals surface area contributed by atoms with Crippen LogP contribution in [0.15, 0.2) is 17.5 Å². The number of nitrogens with two attached hydrogens (primary N) is 1. The molecule has 0 saturated heterocycles. The van der Waals surface area contributed by atoms with Crippen molar-refractivity contribution in [3.05, 3.63) is 26.6 Å². The highest BCUT2D eigenvalue weighted by Gasteiger charge is 2.14. The number of hydrogen-bond donors (Lipinski definition) is 2. The van der Waals surface area contributed by atoms with Gasteiger partial charge >= 0.3 is 5.97 Å². The largest absolute Gasteiger partial charge is 0.478 e. The molecule has 0 radical (unpaired) electrons. The Morgan fingerprint density at radius 1 is 1.50 bits per heavy atom. The van der Waals surface area contributed by atoms with Gasteiger partial charge in [0, 0.05) is 20.0 Å². The first kappa shape index (κ1) is 9.72. The molecule has 14 heavy (non-hydrogen) atoms. The van der Waals surface area contributed by atoms with Crippen LogP contribution in [-0.4, -0.2) is 11.1 Å². The van der Waals surface area contributed by atoms with Gasteiger partial charge in [-0.2, -0.15) is 0 Å². The van der Waals surface area contributed by atoms with E-state index in [4.69, 9.17) is 10.8 Å². The third-order valence-electron chi connectivity index (χ3n) is 1.93. The van der Waals surface area contributed by atoms with Gasteiger partial charge in [-0.3, -0.25) is 0 Å². The summed E-state index contributed by atoms with van der Waals surface area (Å²) in [6.45, 7) is 0. The number of aromatic carboxylic acids is 1. The van der Waals surface area contributed by atoms with E-state index in [1.807, 2.05) is 6.07 Å². The smallest absolute Gasteiger partial charge is 0.337 e. The van der Waals surface area contributed by atoms with E-state index in [9.17, 15) is 4.79 Å². The van der Waals surface area contributed by atoms with Crippen LogP contribution in [-0.2, 0) is 0 Å². The number of carbonyl (C=O) groups is 1. The molecule has 1 aromatic carbocycles. The molecule has 3 N–H and O–H groups in total. The van der Waals surface area contributed by atoms with Gasteiger partial charge in [-0.1, -0.05) is 0 Å². The molecule has 0 bridgehead atoms. The highest BCUT2D eigenvalue weighted by atomic mass is 127. The molecule has 3 nitrogen and oxygen atoms in total. The first-order valence-corrected chi connectivity index (χ1v) is 5.75. The Hall–Kier alpha value is -0.820. The summed E-state index contributed by atoms with van der Waals surface area (Å²) < 4.78 is 1.78. The van der Waals surface area contributed by atoms with Gasteiger partial charge in [0.2, 0.25) is 0 Å². The third-order valence-corrected chi connectivity index (χ3v) is 3.86. The Kier molecular flexibility index (Phi) is 2.36. The zero-order valence-corrected chi connectivity index (χ0v) is 9.93. The molecule has 5 heteroatoms. The summed E-state index contributed by atoms with van der Waals surface area (Å²) in [7, 11) is 0.